The van der Waals surface area contributed by atoms with Crippen LogP contribution in [0.5, 0.6) is 5.75 Å². The number of hydrogen-bond donors (Lipinski definition) is 0. The van der Waals surface area contributed by atoms with Crippen LogP contribution in [0.2, 0.25) is 0 Å². The van der Waals surface area contributed by atoms with Crippen LogP contribution >= 0.6 is 0 Å². The van der Waals surface area contributed by atoms with Crippen molar-refractivity contribution >= 4 is 5.97 Å². The number of hydrogen-bond acceptors (Lipinski definition) is 3. The molecule has 2 aromatic carbocycles. The van der Waals surface area contributed by atoms with Gasteiger partial charge in [0, 0.05) is 5.92 Å². The monoisotopic (exact) mass is 294 g/mol. The summed E-state index contributed by atoms with van der Waals surface area (Å²) >= 11 is 0. The van der Waals surface area contributed by atoms with Gasteiger partial charge in [-0.25, -0.2) is 0 Å². The zero-order chi connectivity index (χ0) is 15.1. The Hall–Kier alpha value is -2.29. The lowest BCUT2D eigenvalue weighted by atomic mass is 9.73. The maximum atomic E-state index is 12.5. The molecule has 0 unspecified atom stereocenters. The second-order valence-electron chi connectivity index (χ2n) is 5.96. The van der Waals surface area contributed by atoms with Gasteiger partial charge in [-0.3, -0.25) is 4.79 Å². The van der Waals surface area contributed by atoms with Crippen LogP contribution in [0.4, 0.5) is 0 Å². The molecule has 0 N–H and O–H groups in total. The third-order valence-corrected chi connectivity index (χ3v) is 4.87. The van der Waals surface area contributed by atoms with E-state index in [-0.39, 0.29) is 23.9 Å². The topological polar surface area (TPSA) is 35.5 Å². The Morgan fingerprint density at radius 2 is 1.91 bits per heavy atom. The molecule has 3 heteroatoms. The minimum Gasteiger partial charge on any atom is -0.496 e. The Morgan fingerprint density at radius 3 is 2.68 bits per heavy atom. The molecule has 1 aliphatic heterocycles. The third-order valence-electron chi connectivity index (χ3n) is 4.87. The van der Waals surface area contributed by atoms with Crippen molar-refractivity contribution in [3.05, 3.63) is 65.2 Å². The maximum absolute atomic E-state index is 12.5. The highest BCUT2D eigenvalue weighted by Crippen LogP contribution is 2.49. The molecule has 1 fully saturated rings. The number of esters is 1. The van der Waals surface area contributed by atoms with Crippen LogP contribution in [-0.2, 0) is 16.0 Å². The van der Waals surface area contributed by atoms with Gasteiger partial charge in [0.15, 0.2) is 0 Å². The Balaban J connectivity index is 1.84. The number of carbonyl (C=O) groups is 1. The summed E-state index contributed by atoms with van der Waals surface area (Å²) in [5.41, 5.74) is 3.47. The molecule has 3 nitrogen and oxygen atoms in total. The Morgan fingerprint density at radius 1 is 1.09 bits per heavy atom. The van der Waals surface area contributed by atoms with Gasteiger partial charge in [0.05, 0.1) is 13.0 Å². The van der Waals surface area contributed by atoms with E-state index in [0.29, 0.717) is 0 Å². The maximum Gasteiger partial charge on any atom is 0.314 e. The molecule has 0 radical (unpaired) electrons. The third kappa shape index (κ3) is 1.92. The molecule has 2 aromatic rings. The van der Waals surface area contributed by atoms with E-state index >= 15 is 0 Å². The van der Waals surface area contributed by atoms with E-state index in [9.17, 15) is 4.79 Å². The fourth-order valence-corrected chi connectivity index (χ4v) is 3.92. The van der Waals surface area contributed by atoms with E-state index in [4.69, 9.17) is 9.47 Å². The van der Waals surface area contributed by atoms with Crippen molar-refractivity contribution in [1.82, 2.24) is 0 Å². The van der Waals surface area contributed by atoms with Crippen molar-refractivity contribution in [2.24, 2.45) is 0 Å². The van der Waals surface area contributed by atoms with Crippen LogP contribution in [0, 0.1) is 0 Å². The normalized spacial score (nSPS) is 26.0. The average Bonchev–Trinajstić information content (AvgIpc) is 2.91. The van der Waals surface area contributed by atoms with E-state index in [2.05, 4.69) is 6.07 Å². The van der Waals surface area contributed by atoms with Gasteiger partial charge in [0.25, 0.3) is 0 Å². The Kier molecular flexibility index (Phi) is 3.14. The first-order chi connectivity index (χ1) is 10.8. The zero-order valence-electron chi connectivity index (χ0n) is 12.5. The number of benzene rings is 2. The van der Waals surface area contributed by atoms with Gasteiger partial charge in [-0.05, 0) is 35.6 Å². The van der Waals surface area contributed by atoms with Crippen LogP contribution < -0.4 is 4.74 Å². The summed E-state index contributed by atoms with van der Waals surface area (Å²) in [5, 5.41) is 0. The highest BCUT2D eigenvalue weighted by atomic mass is 16.6. The lowest BCUT2D eigenvalue weighted by Crippen LogP contribution is -2.25. The van der Waals surface area contributed by atoms with Gasteiger partial charge in [0.1, 0.15) is 11.9 Å². The molecule has 1 aliphatic carbocycles. The lowest BCUT2D eigenvalue weighted by Gasteiger charge is -2.29. The number of ether oxygens (including phenoxy) is 2. The van der Waals surface area contributed by atoms with Crippen molar-refractivity contribution < 1.29 is 14.3 Å². The van der Waals surface area contributed by atoms with Gasteiger partial charge in [-0.2, -0.15) is 0 Å². The molecule has 22 heavy (non-hydrogen) atoms. The van der Waals surface area contributed by atoms with Gasteiger partial charge in [0.2, 0.25) is 0 Å². The molecule has 112 valence electrons. The van der Waals surface area contributed by atoms with Crippen molar-refractivity contribution in [3.8, 4) is 5.75 Å². The molecule has 3 atom stereocenters. The summed E-state index contributed by atoms with van der Waals surface area (Å²) in [6.45, 7) is 0. The largest absolute Gasteiger partial charge is 0.496 e. The minimum atomic E-state index is -0.211. The van der Waals surface area contributed by atoms with Gasteiger partial charge in [-0.1, -0.05) is 42.5 Å². The first-order valence-corrected chi connectivity index (χ1v) is 7.71. The molecule has 4 rings (SSSR count). The minimum absolute atomic E-state index is 0.0164. The molecular weight excluding hydrogens is 276 g/mol. The smallest absolute Gasteiger partial charge is 0.314 e. The summed E-state index contributed by atoms with van der Waals surface area (Å²) in [5.74, 6) is 0.699. The van der Waals surface area contributed by atoms with Crippen molar-refractivity contribution in [1.29, 1.82) is 0 Å². The number of carbonyl (C=O) groups excluding carboxylic acids is 1. The molecule has 1 heterocycles. The quantitative estimate of drug-likeness (QED) is 0.796. The summed E-state index contributed by atoms with van der Waals surface area (Å²) < 4.78 is 11.2. The van der Waals surface area contributed by atoms with Crippen LogP contribution in [0.25, 0.3) is 0 Å². The Bertz CT molecular complexity index is 708. The van der Waals surface area contributed by atoms with E-state index in [1.807, 2.05) is 42.5 Å². The predicted molar refractivity (Wildman–Crippen MR) is 83.1 cm³/mol. The standard InChI is InChI=1S/C19H18O3/c1-21-15-9-5-8-14-13(15)10-11-16-18(14)17(19(20)22-16)12-6-3-2-4-7-12/h2-9,16-18H,10-11H2,1H3/t16-,17-,18+/m1/s1. The molecule has 1 saturated heterocycles. The zero-order valence-corrected chi connectivity index (χ0v) is 12.5. The molecular formula is C19H18O3. The molecule has 0 saturated carbocycles. The lowest BCUT2D eigenvalue weighted by molar-refractivity contribution is -0.142. The highest BCUT2D eigenvalue weighted by molar-refractivity contribution is 5.83. The highest BCUT2D eigenvalue weighted by Gasteiger charge is 2.48. The van der Waals surface area contributed by atoms with Crippen LogP contribution in [-0.4, -0.2) is 19.2 Å². The summed E-state index contributed by atoms with van der Waals surface area (Å²) in [6, 6.07) is 16.1. The van der Waals surface area contributed by atoms with Gasteiger partial charge in [-0.15, -0.1) is 0 Å². The van der Waals surface area contributed by atoms with E-state index < -0.39 is 0 Å². The fourth-order valence-electron chi connectivity index (χ4n) is 3.92. The second kappa shape index (κ2) is 5.16. The first-order valence-electron chi connectivity index (χ1n) is 7.71. The van der Waals surface area contributed by atoms with Crippen molar-refractivity contribution in [2.75, 3.05) is 7.11 Å². The van der Waals surface area contributed by atoms with Crippen LogP contribution in [0.1, 0.15) is 34.9 Å². The number of fused-ring (bicyclic) bond motifs is 3. The van der Waals surface area contributed by atoms with E-state index in [0.717, 1.165) is 24.2 Å². The molecule has 2 aliphatic rings. The second-order valence-corrected chi connectivity index (χ2v) is 5.96. The molecule has 0 aromatic heterocycles. The molecule has 0 spiro atoms. The summed E-state index contributed by atoms with van der Waals surface area (Å²) in [4.78, 5) is 12.5. The van der Waals surface area contributed by atoms with Crippen LogP contribution in [0.3, 0.4) is 0 Å². The summed E-state index contributed by atoms with van der Waals surface area (Å²) in [6.07, 6.45) is 1.75. The average molecular weight is 294 g/mol. The number of rotatable bonds is 2. The van der Waals surface area contributed by atoms with Gasteiger partial charge < -0.3 is 9.47 Å². The van der Waals surface area contributed by atoms with Crippen LogP contribution in [0.15, 0.2) is 48.5 Å². The summed E-state index contributed by atoms with van der Waals surface area (Å²) in [7, 11) is 1.70. The first kappa shape index (κ1) is 13.4. The molecule has 0 bridgehead atoms. The van der Waals surface area contributed by atoms with Crippen molar-refractivity contribution in [3.63, 3.8) is 0 Å². The predicted octanol–water partition coefficient (Wildman–Crippen LogP) is 3.43. The van der Waals surface area contributed by atoms with Gasteiger partial charge >= 0.3 is 5.97 Å². The Labute approximate surface area is 129 Å². The fraction of sp³-hybridized carbons (Fsp3) is 0.316. The van der Waals surface area contributed by atoms with E-state index in [1.54, 1.807) is 7.11 Å². The SMILES string of the molecule is COc1cccc2c1CC[C@H]1OC(=O)[C@H](c3ccccc3)[C@@H]21. The molecule has 0 amide bonds. The van der Waals surface area contributed by atoms with E-state index in [1.165, 1.54) is 11.1 Å². The van der Waals surface area contributed by atoms with Crippen molar-refractivity contribution in [2.45, 2.75) is 30.8 Å². The number of methoxy groups -OCH3 is 1.